The van der Waals surface area contributed by atoms with Crippen LogP contribution in [0, 0.1) is 11.3 Å². The summed E-state index contributed by atoms with van der Waals surface area (Å²) in [5.41, 5.74) is 3.71. The Morgan fingerprint density at radius 2 is 1.88 bits per heavy atom. The Kier molecular flexibility index (Phi) is 3.77. The van der Waals surface area contributed by atoms with E-state index >= 15 is 0 Å². The molecule has 1 nitrogen and oxygen atoms in total. The van der Waals surface area contributed by atoms with E-state index in [1.807, 2.05) is 12.1 Å². The Morgan fingerprint density at radius 1 is 1.06 bits per heavy atom. The van der Waals surface area contributed by atoms with Crippen molar-refractivity contribution >= 4 is 0 Å². The van der Waals surface area contributed by atoms with Crippen LogP contribution >= 0.6 is 0 Å². The minimum Gasteiger partial charge on any atom is -0.192 e. The molecule has 0 saturated heterocycles. The van der Waals surface area contributed by atoms with Gasteiger partial charge in [0.15, 0.2) is 0 Å². The summed E-state index contributed by atoms with van der Waals surface area (Å²) in [5.74, 6) is 0. The lowest BCUT2D eigenvalue weighted by atomic mass is 9.94. The fourth-order valence-corrected chi connectivity index (χ4v) is 2.18. The number of allylic oxidation sites excluding steroid dienone is 2. The molecule has 16 heavy (non-hydrogen) atoms. The predicted octanol–water partition coefficient (Wildman–Crippen LogP) is 3.99. The minimum absolute atomic E-state index is 0.751. The lowest BCUT2D eigenvalue weighted by molar-refractivity contribution is 0.673. The Bertz CT molecular complexity index is 406. The molecule has 0 aliphatic heterocycles. The van der Waals surface area contributed by atoms with Gasteiger partial charge in [0, 0.05) is 0 Å². The van der Waals surface area contributed by atoms with Crippen LogP contribution in [-0.2, 0) is 6.42 Å². The summed E-state index contributed by atoms with van der Waals surface area (Å²) in [4.78, 5) is 0. The van der Waals surface area contributed by atoms with Crippen molar-refractivity contribution in [2.75, 3.05) is 0 Å². The van der Waals surface area contributed by atoms with Gasteiger partial charge in [-0.3, -0.25) is 0 Å². The number of hydrogen-bond donors (Lipinski definition) is 0. The van der Waals surface area contributed by atoms with Crippen LogP contribution in [0.3, 0.4) is 0 Å². The third-order valence-electron chi connectivity index (χ3n) is 3.20. The third kappa shape index (κ3) is 2.97. The van der Waals surface area contributed by atoms with Gasteiger partial charge in [0.05, 0.1) is 11.6 Å². The number of nitrogens with zero attached hydrogens (tertiary/aromatic N) is 1. The number of nitriles is 1. The Balaban J connectivity index is 1.89. The minimum atomic E-state index is 0.751. The zero-order chi connectivity index (χ0) is 11.2. The molecular weight excluding hydrogens is 194 g/mol. The van der Waals surface area contributed by atoms with Gasteiger partial charge in [-0.25, -0.2) is 0 Å². The normalized spacial score (nSPS) is 15.3. The van der Waals surface area contributed by atoms with Crippen LogP contribution < -0.4 is 0 Å². The molecule has 0 saturated carbocycles. The second kappa shape index (κ2) is 5.51. The maximum absolute atomic E-state index is 8.70. The van der Waals surface area contributed by atoms with Crippen molar-refractivity contribution in [1.29, 1.82) is 5.26 Å². The number of benzene rings is 1. The largest absolute Gasteiger partial charge is 0.192 e. The molecule has 1 heteroatoms. The third-order valence-corrected chi connectivity index (χ3v) is 3.20. The van der Waals surface area contributed by atoms with E-state index in [4.69, 9.17) is 5.26 Å². The average Bonchev–Trinajstić information content (AvgIpc) is 2.38. The zero-order valence-electron chi connectivity index (χ0n) is 9.58. The van der Waals surface area contributed by atoms with Crippen LogP contribution in [0.5, 0.6) is 0 Å². The summed E-state index contributed by atoms with van der Waals surface area (Å²) < 4.78 is 0. The molecule has 1 aliphatic rings. The monoisotopic (exact) mass is 211 g/mol. The van der Waals surface area contributed by atoms with Crippen molar-refractivity contribution in [3.63, 3.8) is 0 Å². The van der Waals surface area contributed by atoms with Crippen LogP contribution in [0.15, 0.2) is 35.9 Å². The number of aryl methyl sites for hydroxylation is 1. The van der Waals surface area contributed by atoms with E-state index in [1.165, 1.54) is 37.7 Å². The molecule has 0 atom stereocenters. The molecule has 0 radical (unpaired) electrons. The van der Waals surface area contributed by atoms with E-state index in [0.29, 0.717) is 0 Å². The molecule has 1 aromatic rings. The molecule has 0 spiro atoms. The first-order valence-corrected chi connectivity index (χ1v) is 6.05. The second-order valence-electron chi connectivity index (χ2n) is 4.42. The zero-order valence-corrected chi connectivity index (χ0v) is 9.58. The van der Waals surface area contributed by atoms with Gasteiger partial charge < -0.3 is 0 Å². The molecule has 0 amide bonds. The molecule has 0 aromatic heterocycles. The van der Waals surface area contributed by atoms with E-state index in [9.17, 15) is 0 Å². The van der Waals surface area contributed by atoms with Gasteiger partial charge in [-0.2, -0.15) is 5.26 Å². The summed E-state index contributed by atoms with van der Waals surface area (Å²) in [6.07, 6.45) is 9.98. The number of hydrogen-bond acceptors (Lipinski definition) is 1. The molecule has 0 fully saturated rings. The molecule has 0 unspecified atom stereocenters. The fourth-order valence-electron chi connectivity index (χ4n) is 2.18. The van der Waals surface area contributed by atoms with E-state index in [2.05, 4.69) is 24.3 Å². The lowest BCUT2D eigenvalue weighted by Gasteiger charge is -2.12. The highest BCUT2D eigenvalue weighted by atomic mass is 14.2. The average molecular weight is 211 g/mol. The maximum Gasteiger partial charge on any atom is 0.0991 e. The van der Waals surface area contributed by atoms with Gasteiger partial charge in [0.1, 0.15) is 0 Å². The van der Waals surface area contributed by atoms with Crippen molar-refractivity contribution in [3.8, 4) is 6.07 Å². The van der Waals surface area contributed by atoms with Crippen LogP contribution in [0.1, 0.15) is 43.2 Å². The van der Waals surface area contributed by atoms with E-state index < -0.39 is 0 Å². The summed E-state index contributed by atoms with van der Waals surface area (Å²) in [5, 5.41) is 8.70. The van der Waals surface area contributed by atoms with Gasteiger partial charge in [0.25, 0.3) is 0 Å². The first kappa shape index (κ1) is 11.0. The van der Waals surface area contributed by atoms with Gasteiger partial charge >= 0.3 is 0 Å². The molecule has 1 aliphatic carbocycles. The molecule has 0 N–H and O–H groups in total. The summed E-state index contributed by atoms with van der Waals surface area (Å²) in [7, 11) is 0. The first-order chi connectivity index (χ1) is 7.88. The topological polar surface area (TPSA) is 23.8 Å². The highest BCUT2D eigenvalue weighted by Crippen LogP contribution is 2.21. The maximum atomic E-state index is 8.70. The summed E-state index contributed by atoms with van der Waals surface area (Å²) in [6, 6.07) is 10.1. The molecule has 0 heterocycles. The van der Waals surface area contributed by atoms with Crippen LogP contribution in [0.4, 0.5) is 0 Å². The Labute approximate surface area is 97.4 Å². The second-order valence-corrected chi connectivity index (χ2v) is 4.42. The van der Waals surface area contributed by atoms with Crippen LogP contribution in [-0.4, -0.2) is 0 Å². The lowest BCUT2D eigenvalue weighted by Crippen LogP contribution is -1.94. The highest BCUT2D eigenvalue weighted by molar-refractivity contribution is 5.31. The van der Waals surface area contributed by atoms with E-state index in [1.54, 1.807) is 5.57 Å². The van der Waals surface area contributed by atoms with E-state index in [-0.39, 0.29) is 0 Å². The summed E-state index contributed by atoms with van der Waals surface area (Å²) >= 11 is 0. The molecule has 2 rings (SSSR count). The molecule has 82 valence electrons. The first-order valence-electron chi connectivity index (χ1n) is 6.05. The van der Waals surface area contributed by atoms with Crippen LogP contribution in [0.25, 0.3) is 0 Å². The Hall–Kier alpha value is -1.55. The van der Waals surface area contributed by atoms with Gasteiger partial charge in [-0.05, 0) is 56.2 Å². The molecule has 1 aromatic carbocycles. The smallest absolute Gasteiger partial charge is 0.0991 e. The Morgan fingerprint density at radius 3 is 2.50 bits per heavy atom. The van der Waals surface area contributed by atoms with Gasteiger partial charge in [0.2, 0.25) is 0 Å². The van der Waals surface area contributed by atoms with Crippen molar-refractivity contribution in [2.45, 2.75) is 38.5 Å². The molecule has 0 bridgehead atoms. The van der Waals surface area contributed by atoms with Gasteiger partial charge in [-0.15, -0.1) is 0 Å². The highest BCUT2D eigenvalue weighted by Gasteiger charge is 2.03. The van der Waals surface area contributed by atoms with Crippen LogP contribution in [0.2, 0.25) is 0 Å². The summed E-state index contributed by atoms with van der Waals surface area (Å²) in [6.45, 7) is 0. The standard InChI is InChI=1S/C15H17N/c16-12-15-10-8-14(9-11-15)7-6-13-4-2-1-3-5-13/h4,8-11H,1-3,5-7H2. The quantitative estimate of drug-likeness (QED) is 0.693. The van der Waals surface area contributed by atoms with E-state index in [0.717, 1.165) is 12.0 Å². The molecular formula is C15H17N. The SMILES string of the molecule is N#Cc1ccc(CCC2=CCCCC2)cc1. The van der Waals surface area contributed by atoms with Crippen molar-refractivity contribution in [2.24, 2.45) is 0 Å². The van der Waals surface area contributed by atoms with Crippen molar-refractivity contribution < 1.29 is 0 Å². The van der Waals surface area contributed by atoms with Crippen molar-refractivity contribution in [1.82, 2.24) is 0 Å². The fraction of sp³-hybridized carbons (Fsp3) is 0.400. The predicted molar refractivity (Wildman–Crippen MR) is 66.0 cm³/mol. The van der Waals surface area contributed by atoms with Crippen molar-refractivity contribution in [3.05, 3.63) is 47.0 Å². The van der Waals surface area contributed by atoms with Gasteiger partial charge in [-0.1, -0.05) is 23.8 Å². The number of rotatable bonds is 3.